The van der Waals surface area contributed by atoms with Gasteiger partial charge in [0.15, 0.2) is 0 Å². The van der Waals surface area contributed by atoms with Gasteiger partial charge in [0.05, 0.1) is 26.7 Å². The second-order valence-electron chi connectivity index (χ2n) is 5.91. The van der Waals surface area contributed by atoms with Crippen molar-refractivity contribution in [2.45, 2.75) is 12.5 Å². The number of ether oxygens (including phenoxy) is 2. The Kier molecular flexibility index (Phi) is 5.59. The van der Waals surface area contributed by atoms with E-state index in [-0.39, 0.29) is 11.9 Å². The van der Waals surface area contributed by atoms with E-state index in [2.05, 4.69) is 5.32 Å². The van der Waals surface area contributed by atoms with Gasteiger partial charge in [-0.1, -0.05) is 18.2 Å². The summed E-state index contributed by atoms with van der Waals surface area (Å²) in [5.41, 5.74) is 1.73. The van der Waals surface area contributed by atoms with Gasteiger partial charge in [0.1, 0.15) is 11.5 Å². The maximum atomic E-state index is 12.6. The van der Waals surface area contributed by atoms with E-state index in [1.165, 1.54) is 0 Å². The third kappa shape index (κ3) is 4.25. The predicted molar refractivity (Wildman–Crippen MR) is 102 cm³/mol. The highest BCUT2D eigenvalue weighted by Crippen LogP contribution is 2.26. The molecule has 26 heavy (non-hydrogen) atoms. The Morgan fingerprint density at radius 1 is 0.962 bits per heavy atom. The van der Waals surface area contributed by atoms with Crippen LogP contribution < -0.4 is 14.8 Å². The Labute approximate surface area is 153 Å². The lowest BCUT2D eigenvalue weighted by Gasteiger charge is -2.20. The molecule has 0 aliphatic rings. The average Bonchev–Trinajstić information content (AvgIpc) is 3.20. The number of hydrogen-bond donors (Lipinski definition) is 1. The molecule has 0 saturated heterocycles. The Bertz CT molecular complexity index is 859. The highest BCUT2D eigenvalue weighted by Gasteiger charge is 2.18. The van der Waals surface area contributed by atoms with Crippen LogP contribution in [0, 0.1) is 0 Å². The molecule has 5 nitrogen and oxygen atoms in total. The van der Waals surface area contributed by atoms with Gasteiger partial charge < -0.3 is 19.4 Å². The standard InChI is InChI=1S/C21H22N2O3/c1-25-18-9-5-7-16(13-18)20(23-11-3-4-12-23)15-21(24)22-17-8-6-10-19(14-17)26-2/h3-14,20H,15H2,1-2H3,(H,22,24)/t20-/m1/s1. The van der Waals surface area contributed by atoms with Crippen LogP contribution in [0.1, 0.15) is 18.0 Å². The summed E-state index contributed by atoms with van der Waals surface area (Å²) in [6.45, 7) is 0. The van der Waals surface area contributed by atoms with Crippen molar-refractivity contribution in [1.29, 1.82) is 0 Å². The third-order valence-corrected chi connectivity index (χ3v) is 4.20. The Morgan fingerprint density at radius 2 is 1.62 bits per heavy atom. The molecule has 0 unspecified atom stereocenters. The van der Waals surface area contributed by atoms with Gasteiger partial charge in [-0.25, -0.2) is 0 Å². The van der Waals surface area contributed by atoms with E-state index < -0.39 is 0 Å². The summed E-state index contributed by atoms with van der Waals surface area (Å²) < 4.78 is 12.6. The Balaban J connectivity index is 1.80. The molecule has 5 heteroatoms. The molecule has 0 saturated carbocycles. The van der Waals surface area contributed by atoms with Gasteiger partial charge in [0, 0.05) is 24.1 Å². The minimum absolute atomic E-state index is 0.0697. The molecule has 0 spiro atoms. The van der Waals surface area contributed by atoms with Crippen molar-refractivity contribution < 1.29 is 14.3 Å². The summed E-state index contributed by atoms with van der Waals surface area (Å²) >= 11 is 0. The zero-order chi connectivity index (χ0) is 18.4. The average molecular weight is 350 g/mol. The highest BCUT2D eigenvalue weighted by molar-refractivity contribution is 5.91. The summed E-state index contributed by atoms with van der Waals surface area (Å²) in [7, 11) is 3.24. The van der Waals surface area contributed by atoms with Crippen LogP contribution in [0.4, 0.5) is 5.69 Å². The lowest BCUT2D eigenvalue weighted by atomic mass is 10.0. The van der Waals surface area contributed by atoms with E-state index in [9.17, 15) is 4.79 Å². The molecular formula is C21H22N2O3. The lowest BCUT2D eigenvalue weighted by molar-refractivity contribution is -0.116. The molecule has 3 aromatic rings. The largest absolute Gasteiger partial charge is 0.497 e. The molecule has 1 N–H and O–H groups in total. The number of carbonyl (C=O) groups excluding carboxylic acids is 1. The molecule has 134 valence electrons. The van der Waals surface area contributed by atoms with Gasteiger partial charge in [-0.2, -0.15) is 0 Å². The van der Waals surface area contributed by atoms with Crippen molar-refractivity contribution in [3.05, 3.63) is 78.6 Å². The van der Waals surface area contributed by atoms with E-state index in [0.29, 0.717) is 17.9 Å². The van der Waals surface area contributed by atoms with Gasteiger partial charge >= 0.3 is 0 Å². The summed E-state index contributed by atoms with van der Waals surface area (Å²) in [6, 6.07) is 18.9. The van der Waals surface area contributed by atoms with Crippen molar-refractivity contribution in [2.24, 2.45) is 0 Å². The quantitative estimate of drug-likeness (QED) is 0.697. The molecule has 1 amide bonds. The van der Waals surface area contributed by atoms with Crippen molar-refractivity contribution in [1.82, 2.24) is 4.57 Å². The van der Waals surface area contributed by atoms with Gasteiger partial charge in [-0.15, -0.1) is 0 Å². The van der Waals surface area contributed by atoms with Crippen LogP contribution in [0.25, 0.3) is 0 Å². The van der Waals surface area contributed by atoms with Gasteiger partial charge in [0.25, 0.3) is 0 Å². The zero-order valence-corrected chi connectivity index (χ0v) is 14.9. The predicted octanol–water partition coefficient (Wildman–Crippen LogP) is 4.12. The van der Waals surface area contributed by atoms with E-state index in [0.717, 1.165) is 11.3 Å². The molecule has 1 heterocycles. The molecule has 0 radical (unpaired) electrons. The number of nitrogens with zero attached hydrogens (tertiary/aromatic N) is 1. The second-order valence-corrected chi connectivity index (χ2v) is 5.91. The van der Waals surface area contributed by atoms with Gasteiger partial charge in [-0.3, -0.25) is 4.79 Å². The molecule has 1 atom stereocenters. The number of nitrogens with one attached hydrogen (secondary N) is 1. The number of carbonyl (C=O) groups is 1. The molecule has 3 rings (SSSR count). The smallest absolute Gasteiger partial charge is 0.226 e. The molecule has 1 aromatic heterocycles. The fourth-order valence-electron chi connectivity index (χ4n) is 2.89. The number of hydrogen-bond acceptors (Lipinski definition) is 3. The molecule has 0 aliphatic heterocycles. The topological polar surface area (TPSA) is 52.5 Å². The maximum absolute atomic E-state index is 12.6. The number of amides is 1. The summed E-state index contributed by atoms with van der Waals surface area (Å²) in [5, 5.41) is 2.94. The fraction of sp³-hybridized carbons (Fsp3) is 0.190. The zero-order valence-electron chi connectivity index (χ0n) is 14.9. The maximum Gasteiger partial charge on any atom is 0.226 e. The Morgan fingerprint density at radius 3 is 2.31 bits per heavy atom. The SMILES string of the molecule is COc1cccc(NC(=O)C[C@H](c2cccc(OC)c2)n2cccc2)c1. The normalized spacial score (nSPS) is 11.6. The summed E-state index contributed by atoms with van der Waals surface area (Å²) in [4.78, 5) is 12.6. The fourth-order valence-corrected chi connectivity index (χ4v) is 2.89. The first-order valence-corrected chi connectivity index (χ1v) is 8.40. The molecule has 0 aliphatic carbocycles. The van der Waals surface area contributed by atoms with Crippen molar-refractivity contribution in [3.63, 3.8) is 0 Å². The van der Waals surface area contributed by atoms with E-state index in [1.54, 1.807) is 20.3 Å². The van der Waals surface area contributed by atoms with Crippen LogP contribution in [0.5, 0.6) is 11.5 Å². The van der Waals surface area contributed by atoms with Crippen LogP contribution in [-0.2, 0) is 4.79 Å². The van der Waals surface area contributed by atoms with Crippen LogP contribution >= 0.6 is 0 Å². The van der Waals surface area contributed by atoms with Crippen molar-refractivity contribution in [2.75, 3.05) is 19.5 Å². The lowest BCUT2D eigenvalue weighted by Crippen LogP contribution is -2.19. The van der Waals surface area contributed by atoms with Crippen LogP contribution in [0.3, 0.4) is 0 Å². The first-order chi connectivity index (χ1) is 12.7. The second kappa shape index (κ2) is 8.25. The number of anilines is 1. The first kappa shape index (κ1) is 17.6. The molecular weight excluding hydrogens is 328 g/mol. The van der Waals surface area contributed by atoms with Crippen LogP contribution in [-0.4, -0.2) is 24.7 Å². The van der Waals surface area contributed by atoms with Gasteiger partial charge in [0.2, 0.25) is 5.91 Å². The van der Waals surface area contributed by atoms with Gasteiger partial charge in [-0.05, 0) is 42.0 Å². The molecule has 0 bridgehead atoms. The van der Waals surface area contributed by atoms with E-state index in [1.807, 2.05) is 71.6 Å². The molecule has 0 fully saturated rings. The third-order valence-electron chi connectivity index (χ3n) is 4.20. The summed E-state index contributed by atoms with van der Waals surface area (Å²) in [6.07, 6.45) is 4.23. The number of rotatable bonds is 7. The summed E-state index contributed by atoms with van der Waals surface area (Å²) in [5.74, 6) is 1.41. The highest BCUT2D eigenvalue weighted by atomic mass is 16.5. The first-order valence-electron chi connectivity index (χ1n) is 8.40. The minimum Gasteiger partial charge on any atom is -0.497 e. The monoisotopic (exact) mass is 350 g/mol. The van der Waals surface area contributed by atoms with Crippen molar-refractivity contribution in [3.8, 4) is 11.5 Å². The Hall–Kier alpha value is -3.21. The molecule has 2 aromatic carbocycles. The van der Waals surface area contributed by atoms with E-state index >= 15 is 0 Å². The number of benzene rings is 2. The number of methoxy groups -OCH3 is 2. The minimum atomic E-state index is -0.120. The van der Waals surface area contributed by atoms with Crippen LogP contribution in [0.2, 0.25) is 0 Å². The van der Waals surface area contributed by atoms with E-state index in [4.69, 9.17) is 9.47 Å². The van der Waals surface area contributed by atoms with Crippen molar-refractivity contribution >= 4 is 11.6 Å². The van der Waals surface area contributed by atoms with Crippen LogP contribution in [0.15, 0.2) is 73.1 Å². The number of aromatic nitrogens is 1.